The number of furan rings is 1. The van der Waals surface area contributed by atoms with Crippen LogP contribution >= 0.6 is 24.0 Å². The van der Waals surface area contributed by atoms with Gasteiger partial charge in [-0.2, -0.15) is 0 Å². The van der Waals surface area contributed by atoms with E-state index in [1.54, 1.807) is 6.92 Å². The number of carbonyl (C=O) groups is 1. The van der Waals surface area contributed by atoms with E-state index in [1.165, 1.54) is 0 Å². The minimum absolute atomic E-state index is 0. The summed E-state index contributed by atoms with van der Waals surface area (Å²) >= 11 is 0. The van der Waals surface area contributed by atoms with Gasteiger partial charge >= 0.3 is 0 Å². The van der Waals surface area contributed by atoms with Crippen LogP contribution in [-0.4, -0.2) is 30.1 Å². The molecule has 0 spiro atoms. The number of hydrogen-bond donors (Lipinski definition) is 4. The molecular formula is C25H37IN4O3. The molecule has 182 valence electrons. The minimum Gasteiger partial charge on any atom is -0.466 e. The fourth-order valence-corrected chi connectivity index (χ4v) is 4.21. The Morgan fingerprint density at radius 2 is 1.94 bits per heavy atom. The molecule has 2 aromatic rings. The van der Waals surface area contributed by atoms with E-state index in [4.69, 9.17) is 4.42 Å². The van der Waals surface area contributed by atoms with Crippen LogP contribution in [-0.2, 0) is 16.9 Å². The van der Waals surface area contributed by atoms with Crippen molar-refractivity contribution in [3.63, 3.8) is 0 Å². The maximum Gasteiger partial charge on any atom is 0.227 e. The molecule has 1 aromatic carbocycles. The first kappa shape index (κ1) is 27.2. The molecule has 4 N–H and O–H groups in total. The lowest BCUT2D eigenvalue weighted by Gasteiger charge is -2.24. The average molecular weight is 569 g/mol. The van der Waals surface area contributed by atoms with Gasteiger partial charge in [-0.3, -0.25) is 4.79 Å². The predicted octanol–water partition coefficient (Wildman–Crippen LogP) is 4.61. The zero-order chi connectivity index (χ0) is 23.1. The van der Waals surface area contributed by atoms with Gasteiger partial charge in [0.25, 0.3) is 0 Å². The molecule has 0 aliphatic heterocycles. The zero-order valence-corrected chi connectivity index (χ0v) is 22.4. The summed E-state index contributed by atoms with van der Waals surface area (Å²) < 4.78 is 5.57. The fraction of sp³-hybridized carbons (Fsp3) is 0.520. The van der Waals surface area contributed by atoms with Gasteiger partial charge < -0.3 is 25.5 Å². The molecule has 8 heteroatoms. The van der Waals surface area contributed by atoms with E-state index in [0.717, 1.165) is 48.3 Å². The highest BCUT2D eigenvalue weighted by atomic mass is 127. The normalized spacial score (nSPS) is 16.1. The SMILES string of the molecule is CCNC(=NCc1cccc(NC(=O)C2CCCC2)c1)NCC(C)(O)c1cc(C)oc1C.I. The first-order chi connectivity index (χ1) is 15.3. The van der Waals surface area contributed by atoms with Crippen molar-refractivity contribution in [1.82, 2.24) is 10.6 Å². The molecule has 1 aromatic heterocycles. The number of guanidine groups is 1. The summed E-state index contributed by atoms with van der Waals surface area (Å²) in [7, 11) is 0. The monoisotopic (exact) mass is 568 g/mol. The summed E-state index contributed by atoms with van der Waals surface area (Å²) in [6.07, 6.45) is 4.24. The van der Waals surface area contributed by atoms with Crippen LogP contribution in [0.4, 0.5) is 5.69 Å². The van der Waals surface area contributed by atoms with E-state index in [2.05, 4.69) is 20.9 Å². The molecule has 0 radical (unpaired) electrons. The molecule has 33 heavy (non-hydrogen) atoms. The van der Waals surface area contributed by atoms with Crippen LogP contribution in [0.25, 0.3) is 0 Å². The lowest BCUT2D eigenvalue weighted by Crippen LogP contribution is -2.44. The van der Waals surface area contributed by atoms with Crippen molar-refractivity contribution in [1.29, 1.82) is 0 Å². The Labute approximate surface area is 213 Å². The van der Waals surface area contributed by atoms with Crippen molar-refractivity contribution < 1.29 is 14.3 Å². The number of aryl methyl sites for hydroxylation is 2. The highest BCUT2D eigenvalue weighted by Crippen LogP contribution is 2.27. The quantitative estimate of drug-likeness (QED) is 0.212. The van der Waals surface area contributed by atoms with E-state index >= 15 is 0 Å². The molecule has 1 unspecified atom stereocenters. The third kappa shape index (κ3) is 7.74. The van der Waals surface area contributed by atoms with Crippen molar-refractivity contribution in [2.24, 2.45) is 10.9 Å². The van der Waals surface area contributed by atoms with Gasteiger partial charge in [0.05, 0.1) is 13.1 Å². The average Bonchev–Trinajstić information content (AvgIpc) is 3.40. The van der Waals surface area contributed by atoms with Gasteiger partial charge in [-0.05, 0) is 64.3 Å². The number of rotatable bonds is 8. The van der Waals surface area contributed by atoms with Gasteiger partial charge in [-0.25, -0.2) is 4.99 Å². The summed E-state index contributed by atoms with van der Waals surface area (Å²) in [5, 5.41) is 20.4. The number of nitrogens with zero attached hydrogens (tertiary/aromatic N) is 1. The lowest BCUT2D eigenvalue weighted by atomic mass is 9.96. The molecule has 1 saturated carbocycles. The van der Waals surface area contributed by atoms with Gasteiger partial charge in [-0.15, -0.1) is 24.0 Å². The third-order valence-corrected chi connectivity index (χ3v) is 5.91. The van der Waals surface area contributed by atoms with E-state index < -0.39 is 5.60 Å². The van der Waals surface area contributed by atoms with Crippen LogP contribution in [0.3, 0.4) is 0 Å². The molecule has 1 atom stereocenters. The maximum absolute atomic E-state index is 12.4. The molecule has 7 nitrogen and oxygen atoms in total. The number of aliphatic hydroxyl groups is 1. The van der Waals surface area contributed by atoms with Crippen LogP contribution in [0.1, 0.15) is 62.2 Å². The Bertz CT molecular complexity index is 949. The smallest absolute Gasteiger partial charge is 0.227 e. The topological polar surface area (TPSA) is 98.9 Å². The molecule has 1 aliphatic carbocycles. The molecule has 3 rings (SSSR count). The van der Waals surface area contributed by atoms with Crippen LogP contribution < -0.4 is 16.0 Å². The number of aliphatic imine (C=N–C) groups is 1. The molecular weight excluding hydrogens is 531 g/mol. The van der Waals surface area contributed by atoms with Crippen molar-refractivity contribution in [3.8, 4) is 0 Å². The molecule has 1 amide bonds. The second-order valence-corrected chi connectivity index (χ2v) is 8.82. The summed E-state index contributed by atoms with van der Waals surface area (Å²) in [5.41, 5.74) is 1.48. The first-order valence-corrected chi connectivity index (χ1v) is 11.5. The highest BCUT2D eigenvalue weighted by Gasteiger charge is 2.28. The molecule has 1 heterocycles. The Hall–Kier alpha value is -2.07. The highest BCUT2D eigenvalue weighted by molar-refractivity contribution is 14.0. The van der Waals surface area contributed by atoms with Crippen molar-refractivity contribution in [3.05, 3.63) is 53.0 Å². The van der Waals surface area contributed by atoms with Crippen molar-refractivity contribution >= 4 is 41.5 Å². The van der Waals surface area contributed by atoms with E-state index in [-0.39, 0.29) is 42.3 Å². The summed E-state index contributed by atoms with van der Waals surface area (Å²) in [6.45, 7) is 8.93. The van der Waals surface area contributed by atoms with E-state index in [9.17, 15) is 9.90 Å². The number of benzene rings is 1. The molecule has 1 fully saturated rings. The number of halogens is 1. The Balaban J connectivity index is 0.00000385. The van der Waals surface area contributed by atoms with Gasteiger partial charge in [0.2, 0.25) is 5.91 Å². The Morgan fingerprint density at radius 1 is 1.21 bits per heavy atom. The molecule has 1 aliphatic rings. The lowest BCUT2D eigenvalue weighted by molar-refractivity contribution is -0.119. The summed E-state index contributed by atoms with van der Waals surface area (Å²) in [5.74, 6) is 2.36. The van der Waals surface area contributed by atoms with Gasteiger partial charge in [0.1, 0.15) is 17.1 Å². The zero-order valence-electron chi connectivity index (χ0n) is 20.0. The van der Waals surface area contributed by atoms with Crippen LogP contribution in [0.2, 0.25) is 0 Å². The number of hydrogen-bond acceptors (Lipinski definition) is 4. The Morgan fingerprint density at radius 3 is 2.58 bits per heavy atom. The van der Waals surface area contributed by atoms with E-state index in [0.29, 0.717) is 24.8 Å². The van der Waals surface area contributed by atoms with Gasteiger partial charge in [0.15, 0.2) is 5.96 Å². The third-order valence-electron chi connectivity index (χ3n) is 5.91. The van der Waals surface area contributed by atoms with Crippen molar-refractivity contribution in [2.45, 2.75) is 65.5 Å². The second kappa shape index (κ2) is 12.4. The summed E-state index contributed by atoms with van der Waals surface area (Å²) in [6, 6.07) is 9.67. The predicted molar refractivity (Wildman–Crippen MR) is 143 cm³/mol. The van der Waals surface area contributed by atoms with Gasteiger partial charge in [-0.1, -0.05) is 25.0 Å². The van der Waals surface area contributed by atoms with Crippen LogP contribution in [0.5, 0.6) is 0 Å². The fourth-order valence-electron chi connectivity index (χ4n) is 4.21. The van der Waals surface area contributed by atoms with Crippen LogP contribution in [0.15, 0.2) is 39.7 Å². The number of nitrogens with one attached hydrogen (secondary N) is 3. The first-order valence-electron chi connectivity index (χ1n) is 11.5. The Kier molecular flexibility index (Phi) is 10.2. The van der Waals surface area contributed by atoms with Crippen molar-refractivity contribution in [2.75, 3.05) is 18.4 Å². The number of carbonyl (C=O) groups excluding carboxylic acids is 1. The summed E-state index contributed by atoms with van der Waals surface area (Å²) in [4.78, 5) is 17.1. The standard InChI is InChI=1S/C25H36N4O3.HI/c1-5-26-24(28-16-25(4,31)22-13-17(2)32-18(22)3)27-15-19-9-8-12-21(14-19)29-23(30)20-10-6-7-11-20;/h8-9,12-14,20,31H,5-7,10-11,15-16H2,1-4H3,(H,29,30)(H2,26,27,28);1H. The number of amides is 1. The number of anilines is 1. The molecule has 0 bridgehead atoms. The van der Waals surface area contributed by atoms with E-state index in [1.807, 2.05) is 51.1 Å². The maximum atomic E-state index is 12.4. The van der Waals surface area contributed by atoms with Crippen LogP contribution in [0, 0.1) is 19.8 Å². The van der Waals surface area contributed by atoms with Gasteiger partial charge in [0, 0.05) is 23.7 Å². The molecule has 0 saturated heterocycles. The largest absolute Gasteiger partial charge is 0.466 e. The minimum atomic E-state index is -1.09. The second-order valence-electron chi connectivity index (χ2n) is 8.82.